The number of rotatable bonds is 7. The second-order valence-electron chi connectivity index (χ2n) is 10.2. The summed E-state index contributed by atoms with van der Waals surface area (Å²) < 4.78 is 0. The Morgan fingerprint density at radius 3 is 1.77 bits per heavy atom. The summed E-state index contributed by atoms with van der Waals surface area (Å²) in [5.41, 5.74) is 0. The third-order valence-electron chi connectivity index (χ3n) is 8.45. The van der Waals surface area contributed by atoms with Crippen molar-refractivity contribution in [2.24, 2.45) is 35.5 Å². The van der Waals surface area contributed by atoms with Crippen LogP contribution < -0.4 is 0 Å². The molecule has 3 fully saturated rings. The van der Waals surface area contributed by atoms with E-state index in [9.17, 15) is 5.26 Å². The Labute approximate surface area is 162 Å². The molecule has 2 nitrogen and oxygen atoms in total. The first kappa shape index (κ1) is 20.6. The maximum atomic E-state index is 9.61. The minimum atomic E-state index is 0.119. The lowest BCUT2D eigenvalue weighted by atomic mass is 9.66. The van der Waals surface area contributed by atoms with Crippen molar-refractivity contribution < 1.29 is 10.1 Å². The highest BCUT2D eigenvalue weighted by Gasteiger charge is 2.37. The molecule has 3 saturated carbocycles. The van der Waals surface area contributed by atoms with Crippen LogP contribution in [0.1, 0.15) is 110 Å². The predicted molar refractivity (Wildman–Crippen MR) is 109 cm³/mol. The fourth-order valence-electron chi connectivity index (χ4n) is 6.56. The van der Waals surface area contributed by atoms with Crippen LogP contribution >= 0.6 is 0 Å². The van der Waals surface area contributed by atoms with Crippen LogP contribution in [-0.2, 0) is 4.89 Å². The van der Waals surface area contributed by atoms with Crippen LogP contribution in [0.15, 0.2) is 0 Å². The smallest absolute Gasteiger partial charge is 0.0983 e. The van der Waals surface area contributed by atoms with Crippen LogP contribution in [0.2, 0.25) is 0 Å². The normalized spacial score (nSPS) is 40.3. The standard InChI is InChI=1S/C24H44O2/c1-3-4-5-19-8-12-20(13-9-19)21-14-16-23(17-15-21)24(26-25)22-10-6-18(2)7-11-22/h18-25H,3-17H2,1-2H3. The van der Waals surface area contributed by atoms with Gasteiger partial charge in [-0.2, -0.15) is 0 Å². The van der Waals surface area contributed by atoms with Gasteiger partial charge in [0.15, 0.2) is 0 Å². The Hall–Kier alpha value is -0.0800. The summed E-state index contributed by atoms with van der Waals surface area (Å²) in [6.07, 6.45) is 20.9. The molecule has 26 heavy (non-hydrogen) atoms. The van der Waals surface area contributed by atoms with Gasteiger partial charge < -0.3 is 0 Å². The van der Waals surface area contributed by atoms with Crippen molar-refractivity contribution in [1.29, 1.82) is 0 Å². The van der Waals surface area contributed by atoms with E-state index in [-0.39, 0.29) is 6.10 Å². The van der Waals surface area contributed by atoms with E-state index in [1.54, 1.807) is 0 Å². The molecule has 3 aliphatic rings. The average Bonchev–Trinajstić information content (AvgIpc) is 2.69. The lowest BCUT2D eigenvalue weighted by Crippen LogP contribution is -2.37. The molecular formula is C24H44O2. The van der Waals surface area contributed by atoms with Gasteiger partial charge in [-0.3, -0.25) is 5.26 Å². The first-order valence-corrected chi connectivity index (χ1v) is 12.0. The van der Waals surface area contributed by atoms with E-state index in [0.717, 1.165) is 23.7 Å². The summed E-state index contributed by atoms with van der Waals surface area (Å²) in [5.74, 6) is 5.07. The van der Waals surface area contributed by atoms with Crippen molar-refractivity contribution >= 4 is 0 Å². The summed E-state index contributed by atoms with van der Waals surface area (Å²) in [4.78, 5) is 5.10. The molecule has 0 radical (unpaired) electrons. The Bertz CT molecular complexity index is 372. The van der Waals surface area contributed by atoms with Gasteiger partial charge in [0.05, 0.1) is 6.10 Å². The van der Waals surface area contributed by atoms with Gasteiger partial charge in [0.2, 0.25) is 0 Å². The molecule has 0 aromatic heterocycles. The molecule has 3 aliphatic carbocycles. The molecule has 0 aromatic carbocycles. The summed E-state index contributed by atoms with van der Waals surface area (Å²) in [6, 6.07) is 0. The quantitative estimate of drug-likeness (QED) is 0.375. The zero-order valence-corrected chi connectivity index (χ0v) is 17.5. The van der Waals surface area contributed by atoms with Gasteiger partial charge >= 0.3 is 0 Å². The Kier molecular flexibility index (Phi) is 8.31. The summed E-state index contributed by atoms with van der Waals surface area (Å²) >= 11 is 0. The van der Waals surface area contributed by atoms with Crippen LogP contribution in [-0.4, -0.2) is 11.4 Å². The van der Waals surface area contributed by atoms with Gasteiger partial charge in [-0.15, -0.1) is 0 Å². The van der Waals surface area contributed by atoms with Gasteiger partial charge in [0, 0.05) is 0 Å². The Balaban J connectivity index is 1.41. The van der Waals surface area contributed by atoms with E-state index >= 15 is 0 Å². The van der Waals surface area contributed by atoms with Crippen molar-refractivity contribution in [3.63, 3.8) is 0 Å². The van der Waals surface area contributed by atoms with E-state index in [4.69, 9.17) is 4.89 Å². The van der Waals surface area contributed by atoms with Crippen molar-refractivity contribution in [3.05, 3.63) is 0 Å². The monoisotopic (exact) mass is 364 g/mol. The molecule has 3 rings (SSSR count). The topological polar surface area (TPSA) is 29.5 Å². The fourth-order valence-corrected chi connectivity index (χ4v) is 6.56. The third kappa shape index (κ3) is 5.47. The van der Waals surface area contributed by atoms with Crippen LogP contribution in [0.5, 0.6) is 0 Å². The molecule has 1 atom stereocenters. The maximum absolute atomic E-state index is 9.61. The second kappa shape index (κ2) is 10.5. The third-order valence-corrected chi connectivity index (χ3v) is 8.45. The first-order chi connectivity index (χ1) is 12.7. The summed E-state index contributed by atoms with van der Waals surface area (Å²) in [6.45, 7) is 4.69. The molecule has 0 heterocycles. The van der Waals surface area contributed by atoms with E-state index in [1.165, 1.54) is 96.3 Å². The predicted octanol–water partition coefficient (Wildman–Crippen LogP) is 7.47. The zero-order chi connectivity index (χ0) is 18.4. The number of hydrogen-bond acceptors (Lipinski definition) is 2. The molecule has 0 saturated heterocycles. The maximum Gasteiger partial charge on any atom is 0.0983 e. The van der Waals surface area contributed by atoms with Gasteiger partial charge in [-0.25, -0.2) is 4.89 Å². The summed E-state index contributed by atoms with van der Waals surface area (Å²) in [5, 5.41) is 9.61. The molecule has 0 amide bonds. The highest BCUT2D eigenvalue weighted by Crippen LogP contribution is 2.45. The lowest BCUT2D eigenvalue weighted by Gasteiger charge is -2.41. The van der Waals surface area contributed by atoms with Gasteiger partial charge in [-0.1, -0.05) is 58.8 Å². The van der Waals surface area contributed by atoms with Gasteiger partial charge in [0.1, 0.15) is 0 Å². The highest BCUT2D eigenvalue weighted by atomic mass is 17.1. The van der Waals surface area contributed by atoms with Gasteiger partial charge in [0.25, 0.3) is 0 Å². The molecule has 2 heteroatoms. The molecule has 0 spiro atoms. The minimum absolute atomic E-state index is 0.119. The Morgan fingerprint density at radius 1 is 0.769 bits per heavy atom. The van der Waals surface area contributed by atoms with E-state index in [0.29, 0.717) is 11.8 Å². The molecule has 0 aliphatic heterocycles. The molecule has 152 valence electrons. The van der Waals surface area contributed by atoms with Crippen molar-refractivity contribution in [2.45, 2.75) is 116 Å². The second-order valence-corrected chi connectivity index (χ2v) is 10.2. The lowest BCUT2D eigenvalue weighted by molar-refractivity contribution is -0.307. The molecule has 0 aromatic rings. The first-order valence-electron chi connectivity index (χ1n) is 12.0. The van der Waals surface area contributed by atoms with Crippen molar-refractivity contribution in [2.75, 3.05) is 0 Å². The average molecular weight is 365 g/mol. The zero-order valence-electron chi connectivity index (χ0n) is 17.5. The molecule has 1 N–H and O–H groups in total. The van der Waals surface area contributed by atoms with E-state index < -0.39 is 0 Å². The number of hydrogen-bond donors (Lipinski definition) is 1. The molecular weight excluding hydrogens is 320 g/mol. The van der Waals surface area contributed by atoms with Crippen LogP contribution in [0.4, 0.5) is 0 Å². The van der Waals surface area contributed by atoms with Crippen LogP contribution in [0.25, 0.3) is 0 Å². The molecule has 0 bridgehead atoms. The number of unbranched alkanes of at least 4 members (excludes halogenated alkanes) is 1. The van der Waals surface area contributed by atoms with Crippen LogP contribution in [0.3, 0.4) is 0 Å². The van der Waals surface area contributed by atoms with Gasteiger partial charge in [-0.05, 0) is 86.9 Å². The van der Waals surface area contributed by atoms with Crippen LogP contribution in [0, 0.1) is 35.5 Å². The van der Waals surface area contributed by atoms with Crippen molar-refractivity contribution in [1.82, 2.24) is 0 Å². The fraction of sp³-hybridized carbons (Fsp3) is 1.00. The largest absolute Gasteiger partial charge is 0.252 e. The SMILES string of the molecule is CCCCC1CCC(C2CCC(C(OO)C3CCC(C)CC3)CC2)CC1. The minimum Gasteiger partial charge on any atom is -0.252 e. The van der Waals surface area contributed by atoms with E-state index in [1.807, 2.05) is 0 Å². The van der Waals surface area contributed by atoms with E-state index in [2.05, 4.69) is 13.8 Å². The Morgan fingerprint density at radius 2 is 1.27 bits per heavy atom. The van der Waals surface area contributed by atoms with Crippen molar-refractivity contribution in [3.8, 4) is 0 Å². The summed E-state index contributed by atoms with van der Waals surface area (Å²) in [7, 11) is 0. The highest BCUT2D eigenvalue weighted by molar-refractivity contribution is 4.87. The molecule has 1 unspecified atom stereocenters.